The largest absolute Gasteiger partial charge is 0.444 e. The number of ether oxygens (including phenoxy) is 1. The maximum absolute atomic E-state index is 12.3. The molecule has 0 aromatic carbocycles. The Balaban J connectivity index is 2.78. The molecule has 1 saturated carbocycles. The third-order valence-corrected chi connectivity index (χ3v) is 3.30. The summed E-state index contributed by atoms with van der Waals surface area (Å²) in [5.41, 5.74) is 5.71. The highest BCUT2D eigenvalue weighted by molar-refractivity contribution is 5.69. The van der Waals surface area contributed by atoms with Gasteiger partial charge in [0, 0.05) is 12.1 Å². The maximum atomic E-state index is 12.3. The number of nitrogens with two attached hydrogens (primary N) is 1. The number of nitrogens with zero attached hydrogens (tertiary/aromatic N) is 1. The Morgan fingerprint density at radius 3 is 2.28 bits per heavy atom. The lowest BCUT2D eigenvalue weighted by molar-refractivity contribution is 0.00132. The third kappa shape index (κ3) is 4.16. The van der Waals surface area contributed by atoms with Gasteiger partial charge in [0.05, 0.1) is 6.04 Å². The van der Waals surface area contributed by atoms with Gasteiger partial charge in [-0.2, -0.15) is 0 Å². The van der Waals surface area contributed by atoms with Crippen LogP contribution < -0.4 is 5.73 Å². The van der Waals surface area contributed by atoms with Crippen LogP contribution in [0.1, 0.15) is 60.3 Å². The summed E-state index contributed by atoms with van der Waals surface area (Å²) in [5.74, 6) is 0. The monoisotopic (exact) mass is 256 g/mol. The average molecular weight is 256 g/mol. The SMILES string of the molecule is CC(C)N(C(=O)OC(C)(C)C)C1CCCCC1N. The zero-order chi connectivity index (χ0) is 13.9. The molecule has 4 nitrogen and oxygen atoms in total. The highest BCUT2D eigenvalue weighted by atomic mass is 16.6. The first-order valence-corrected chi connectivity index (χ1v) is 6.99. The van der Waals surface area contributed by atoms with Crippen molar-refractivity contribution in [2.24, 2.45) is 5.73 Å². The molecule has 18 heavy (non-hydrogen) atoms. The predicted octanol–water partition coefficient (Wildman–Crippen LogP) is 2.90. The van der Waals surface area contributed by atoms with Gasteiger partial charge in [0.1, 0.15) is 5.60 Å². The molecule has 0 aromatic rings. The fourth-order valence-corrected chi connectivity index (χ4v) is 2.53. The van der Waals surface area contributed by atoms with Crippen molar-refractivity contribution in [1.29, 1.82) is 0 Å². The normalized spacial score (nSPS) is 25.1. The van der Waals surface area contributed by atoms with E-state index >= 15 is 0 Å². The molecule has 0 heterocycles. The van der Waals surface area contributed by atoms with Crippen molar-refractivity contribution < 1.29 is 9.53 Å². The molecule has 2 unspecified atom stereocenters. The fourth-order valence-electron chi connectivity index (χ4n) is 2.53. The lowest BCUT2D eigenvalue weighted by atomic mass is 9.89. The minimum atomic E-state index is -0.455. The summed E-state index contributed by atoms with van der Waals surface area (Å²) in [4.78, 5) is 14.1. The summed E-state index contributed by atoms with van der Waals surface area (Å²) in [5, 5.41) is 0. The Labute approximate surface area is 111 Å². The number of carbonyl (C=O) groups is 1. The van der Waals surface area contributed by atoms with Crippen molar-refractivity contribution in [2.45, 2.75) is 84.0 Å². The Bertz CT molecular complexity index is 284. The highest BCUT2D eigenvalue weighted by Crippen LogP contribution is 2.25. The van der Waals surface area contributed by atoms with E-state index in [1.165, 1.54) is 0 Å². The van der Waals surface area contributed by atoms with Crippen molar-refractivity contribution >= 4 is 6.09 Å². The predicted molar refractivity (Wildman–Crippen MR) is 73.4 cm³/mol. The van der Waals surface area contributed by atoms with E-state index in [0.717, 1.165) is 25.7 Å². The second kappa shape index (κ2) is 5.91. The first-order valence-electron chi connectivity index (χ1n) is 6.99. The Hall–Kier alpha value is -0.770. The van der Waals surface area contributed by atoms with Crippen LogP contribution in [0.25, 0.3) is 0 Å². The van der Waals surface area contributed by atoms with E-state index in [1.807, 2.05) is 39.5 Å². The van der Waals surface area contributed by atoms with E-state index < -0.39 is 5.60 Å². The van der Waals surface area contributed by atoms with Crippen LogP contribution in [-0.2, 0) is 4.74 Å². The van der Waals surface area contributed by atoms with Gasteiger partial charge in [0.25, 0.3) is 0 Å². The molecule has 1 fully saturated rings. The second-order valence-corrected chi connectivity index (χ2v) is 6.50. The molecule has 1 aliphatic rings. The summed E-state index contributed by atoms with van der Waals surface area (Å²) >= 11 is 0. The summed E-state index contributed by atoms with van der Waals surface area (Å²) in [7, 11) is 0. The van der Waals surface area contributed by atoms with E-state index in [9.17, 15) is 4.79 Å². The van der Waals surface area contributed by atoms with Crippen LogP contribution >= 0.6 is 0 Å². The van der Waals surface area contributed by atoms with Crippen LogP contribution in [0, 0.1) is 0 Å². The van der Waals surface area contributed by atoms with Crippen LogP contribution in [0.4, 0.5) is 4.79 Å². The molecular weight excluding hydrogens is 228 g/mol. The molecule has 0 radical (unpaired) electrons. The fraction of sp³-hybridized carbons (Fsp3) is 0.929. The van der Waals surface area contributed by atoms with Crippen LogP contribution in [0.5, 0.6) is 0 Å². The molecule has 2 N–H and O–H groups in total. The molecular formula is C14H28N2O2. The molecule has 2 atom stereocenters. The zero-order valence-electron chi connectivity index (χ0n) is 12.4. The van der Waals surface area contributed by atoms with E-state index in [4.69, 9.17) is 10.5 Å². The van der Waals surface area contributed by atoms with Gasteiger partial charge in [0.15, 0.2) is 0 Å². The molecule has 1 rings (SSSR count). The van der Waals surface area contributed by atoms with Gasteiger partial charge < -0.3 is 15.4 Å². The number of hydrogen-bond acceptors (Lipinski definition) is 3. The number of carbonyl (C=O) groups excluding carboxylic acids is 1. The number of rotatable bonds is 2. The Kier molecular flexibility index (Phi) is 5.02. The van der Waals surface area contributed by atoms with Gasteiger partial charge >= 0.3 is 6.09 Å². The third-order valence-electron chi connectivity index (χ3n) is 3.30. The van der Waals surface area contributed by atoms with Crippen molar-refractivity contribution in [1.82, 2.24) is 4.90 Å². The minimum absolute atomic E-state index is 0.0775. The quantitative estimate of drug-likeness (QED) is 0.826. The molecule has 106 valence electrons. The first kappa shape index (κ1) is 15.3. The van der Waals surface area contributed by atoms with Gasteiger partial charge in [0.2, 0.25) is 0 Å². The topological polar surface area (TPSA) is 55.6 Å². The van der Waals surface area contributed by atoms with Gasteiger partial charge in [-0.15, -0.1) is 0 Å². The Morgan fingerprint density at radius 2 is 1.83 bits per heavy atom. The van der Waals surface area contributed by atoms with Crippen LogP contribution in [-0.4, -0.2) is 34.7 Å². The van der Waals surface area contributed by atoms with E-state index in [2.05, 4.69) is 0 Å². The van der Waals surface area contributed by atoms with Crippen molar-refractivity contribution in [3.63, 3.8) is 0 Å². The van der Waals surface area contributed by atoms with Gasteiger partial charge in [-0.05, 0) is 47.5 Å². The minimum Gasteiger partial charge on any atom is -0.444 e. The summed E-state index contributed by atoms with van der Waals surface area (Å²) in [6, 6.07) is 0.316. The molecule has 1 amide bonds. The zero-order valence-corrected chi connectivity index (χ0v) is 12.4. The molecule has 1 aliphatic carbocycles. The van der Waals surface area contributed by atoms with Crippen LogP contribution in [0.15, 0.2) is 0 Å². The van der Waals surface area contributed by atoms with Gasteiger partial charge in [-0.1, -0.05) is 12.8 Å². The van der Waals surface area contributed by atoms with Gasteiger partial charge in [-0.3, -0.25) is 0 Å². The number of amides is 1. The maximum Gasteiger partial charge on any atom is 0.410 e. The summed E-state index contributed by atoms with van der Waals surface area (Å²) < 4.78 is 5.49. The molecule has 0 aromatic heterocycles. The lowest BCUT2D eigenvalue weighted by Crippen LogP contribution is -2.55. The summed E-state index contributed by atoms with van der Waals surface area (Å²) in [6.07, 6.45) is 4.05. The second-order valence-electron chi connectivity index (χ2n) is 6.50. The first-order chi connectivity index (χ1) is 8.22. The highest BCUT2D eigenvalue weighted by Gasteiger charge is 2.34. The standard InChI is InChI=1S/C14H28N2O2/c1-10(2)16(13(17)18-14(3,4)5)12-9-7-6-8-11(12)15/h10-12H,6-9,15H2,1-5H3. The van der Waals surface area contributed by atoms with Crippen molar-refractivity contribution in [2.75, 3.05) is 0 Å². The van der Waals surface area contributed by atoms with E-state index in [0.29, 0.717) is 0 Å². The smallest absolute Gasteiger partial charge is 0.410 e. The van der Waals surface area contributed by atoms with Gasteiger partial charge in [-0.25, -0.2) is 4.79 Å². The Morgan fingerprint density at radius 1 is 1.28 bits per heavy atom. The van der Waals surface area contributed by atoms with Crippen molar-refractivity contribution in [3.8, 4) is 0 Å². The number of hydrogen-bond donors (Lipinski definition) is 1. The molecule has 0 saturated heterocycles. The van der Waals surface area contributed by atoms with Crippen molar-refractivity contribution in [3.05, 3.63) is 0 Å². The average Bonchev–Trinajstić information content (AvgIpc) is 2.17. The molecule has 0 bridgehead atoms. The van der Waals surface area contributed by atoms with E-state index in [-0.39, 0.29) is 24.2 Å². The van der Waals surface area contributed by atoms with Crippen LogP contribution in [0.2, 0.25) is 0 Å². The molecule has 0 aliphatic heterocycles. The van der Waals surface area contributed by atoms with E-state index in [1.54, 1.807) is 0 Å². The summed E-state index contributed by atoms with van der Waals surface area (Å²) in [6.45, 7) is 9.72. The van der Waals surface area contributed by atoms with Crippen LogP contribution in [0.3, 0.4) is 0 Å². The molecule has 4 heteroatoms. The molecule has 0 spiro atoms. The lowest BCUT2D eigenvalue weighted by Gasteiger charge is -2.41.